The first-order valence-corrected chi connectivity index (χ1v) is 7.65. The van der Waals surface area contributed by atoms with Gasteiger partial charge in [-0.2, -0.15) is 0 Å². The molecular formula is C13H17N3O3S. The molecule has 3 rings (SSSR count). The summed E-state index contributed by atoms with van der Waals surface area (Å²) < 4.78 is 0. The molecule has 3 atom stereocenters. The summed E-state index contributed by atoms with van der Waals surface area (Å²) in [6.07, 6.45) is 3.33. The number of carbonyl (C=O) groups is 2. The molecule has 20 heavy (non-hydrogen) atoms. The summed E-state index contributed by atoms with van der Waals surface area (Å²) in [5.74, 6) is 0.383. The third kappa shape index (κ3) is 2.55. The van der Waals surface area contributed by atoms with Crippen LogP contribution in [-0.2, 0) is 9.59 Å². The van der Waals surface area contributed by atoms with E-state index in [1.54, 1.807) is 16.5 Å². The number of hydrogen-bond donors (Lipinski definition) is 2. The molecule has 0 radical (unpaired) electrons. The normalized spacial score (nSPS) is 27.9. The minimum absolute atomic E-state index is 0.126. The van der Waals surface area contributed by atoms with Crippen LogP contribution in [-0.4, -0.2) is 46.0 Å². The topological polar surface area (TPSA) is 82.5 Å². The van der Waals surface area contributed by atoms with Gasteiger partial charge in [0.15, 0.2) is 5.13 Å². The monoisotopic (exact) mass is 295 g/mol. The highest BCUT2D eigenvalue weighted by Crippen LogP contribution is 2.42. The van der Waals surface area contributed by atoms with Gasteiger partial charge in [0.1, 0.15) is 6.42 Å². The number of aliphatic hydroxyl groups is 1. The number of thiazole rings is 1. The van der Waals surface area contributed by atoms with Gasteiger partial charge in [0.2, 0.25) is 11.8 Å². The van der Waals surface area contributed by atoms with E-state index in [1.807, 2.05) is 0 Å². The van der Waals surface area contributed by atoms with Crippen molar-refractivity contribution in [3.05, 3.63) is 11.6 Å². The average molecular weight is 295 g/mol. The Kier molecular flexibility index (Phi) is 3.71. The van der Waals surface area contributed by atoms with Crippen molar-refractivity contribution in [2.24, 2.45) is 11.8 Å². The minimum atomic E-state index is -0.315. The number of fused-ring (bicyclic) bond motifs is 1. The molecule has 7 heteroatoms. The van der Waals surface area contributed by atoms with Gasteiger partial charge in [0.05, 0.1) is 0 Å². The quantitative estimate of drug-likeness (QED) is 0.801. The fraction of sp³-hybridized carbons (Fsp3) is 0.615. The number of carbonyl (C=O) groups excluding carboxylic acids is 2. The molecule has 0 bridgehead atoms. The van der Waals surface area contributed by atoms with Gasteiger partial charge in [-0.25, -0.2) is 4.98 Å². The van der Waals surface area contributed by atoms with Crippen LogP contribution in [0.25, 0.3) is 0 Å². The Morgan fingerprint density at radius 2 is 2.35 bits per heavy atom. The fourth-order valence-electron chi connectivity index (χ4n) is 3.17. The lowest BCUT2D eigenvalue weighted by Gasteiger charge is -2.44. The van der Waals surface area contributed by atoms with Crippen molar-refractivity contribution in [2.45, 2.75) is 25.3 Å². The highest BCUT2D eigenvalue weighted by molar-refractivity contribution is 7.13. The Labute approximate surface area is 120 Å². The van der Waals surface area contributed by atoms with E-state index in [0.717, 1.165) is 19.4 Å². The number of aromatic nitrogens is 1. The lowest BCUT2D eigenvalue weighted by molar-refractivity contribution is -0.144. The van der Waals surface area contributed by atoms with E-state index in [0.29, 0.717) is 17.0 Å². The van der Waals surface area contributed by atoms with Crippen LogP contribution in [0.15, 0.2) is 11.6 Å². The van der Waals surface area contributed by atoms with Crippen LogP contribution in [0.2, 0.25) is 0 Å². The van der Waals surface area contributed by atoms with E-state index in [9.17, 15) is 14.7 Å². The zero-order valence-corrected chi connectivity index (χ0v) is 11.8. The van der Waals surface area contributed by atoms with Gasteiger partial charge in [0, 0.05) is 30.8 Å². The molecule has 6 nitrogen and oxygen atoms in total. The fourth-order valence-corrected chi connectivity index (χ4v) is 3.71. The van der Waals surface area contributed by atoms with Crippen molar-refractivity contribution in [2.75, 3.05) is 18.5 Å². The molecule has 2 aliphatic rings. The number of aliphatic hydroxyl groups excluding tert-OH is 1. The van der Waals surface area contributed by atoms with Crippen LogP contribution in [0.3, 0.4) is 0 Å². The molecular weight excluding hydrogens is 278 g/mol. The lowest BCUT2D eigenvalue weighted by Crippen LogP contribution is -2.56. The third-order valence-corrected chi connectivity index (χ3v) is 4.84. The average Bonchev–Trinajstić information content (AvgIpc) is 2.99. The van der Waals surface area contributed by atoms with E-state index < -0.39 is 0 Å². The molecule has 1 aliphatic heterocycles. The molecule has 0 spiro atoms. The molecule has 1 saturated carbocycles. The van der Waals surface area contributed by atoms with Gasteiger partial charge in [0.25, 0.3) is 0 Å². The van der Waals surface area contributed by atoms with Crippen LogP contribution in [0.5, 0.6) is 0 Å². The third-order valence-electron chi connectivity index (χ3n) is 4.16. The molecule has 2 fully saturated rings. The summed E-state index contributed by atoms with van der Waals surface area (Å²) in [7, 11) is 0. The SMILES string of the molecule is O=C(CC(=O)N1C[C@@H]2C[C@@H](CO)C[C@@H]21)Nc1nccs1. The van der Waals surface area contributed by atoms with Crippen molar-refractivity contribution in [3.63, 3.8) is 0 Å². The number of nitrogens with one attached hydrogen (secondary N) is 1. The van der Waals surface area contributed by atoms with Crippen LogP contribution >= 0.6 is 11.3 Å². The van der Waals surface area contributed by atoms with E-state index in [1.165, 1.54) is 11.3 Å². The first-order valence-electron chi connectivity index (χ1n) is 6.77. The van der Waals surface area contributed by atoms with Crippen LogP contribution < -0.4 is 5.32 Å². The van der Waals surface area contributed by atoms with E-state index in [2.05, 4.69) is 10.3 Å². The maximum absolute atomic E-state index is 12.1. The summed E-state index contributed by atoms with van der Waals surface area (Å²) in [4.78, 5) is 29.6. The Bertz CT molecular complexity index is 505. The number of amides is 2. The molecule has 2 amide bonds. The number of likely N-dealkylation sites (tertiary alicyclic amines) is 1. The highest BCUT2D eigenvalue weighted by atomic mass is 32.1. The number of hydrogen-bond acceptors (Lipinski definition) is 5. The van der Waals surface area contributed by atoms with E-state index >= 15 is 0 Å². The molecule has 2 heterocycles. The lowest BCUT2D eigenvalue weighted by atomic mass is 9.91. The summed E-state index contributed by atoms with van der Waals surface area (Å²) in [6, 6.07) is 0.229. The molecule has 1 aromatic rings. The van der Waals surface area contributed by atoms with Crippen LogP contribution in [0.4, 0.5) is 5.13 Å². The zero-order valence-electron chi connectivity index (χ0n) is 11.0. The summed E-state index contributed by atoms with van der Waals surface area (Å²) in [6.45, 7) is 0.921. The zero-order chi connectivity index (χ0) is 14.1. The first kappa shape index (κ1) is 13.5. The maximum Gasteiger partial charge on any atom is 0.235 e. The number of rotatable bonds is 4. The Morgan fingerprint density at radius 1 is 1.50 bits per heavy atom. The number of nitrogens with zero attached hydrogens (tertiary/aromatic N) is 2. The Balaban J connectivity index is 1.49. The van der Waals surface area contributed by atoms with Crippen molar-refractivity contribution in [1.82, 2.24) is 9.88 Å². The van der Waals surface area contributed by atoms with Gasteiger partial charge >= 0.3 is 0 Å². The Hall–Kier alpha value is -1.47. The molecule has 2 N–H and O–H groups in total. The van der Waals surface area contributed by atoms with Crippen LogP contribution in [0.1, 0.15) is 19.3 Å². The molecule has 0 unspecified atom stereocenters. The largest absolute Gasteiger partial charge is 0.396 e. The predicted octanol–water partition coefficient (Wildman–Crippen LogP) is 0.701. The van der Waals surface area contributed by atoms with Crippen molar-refractivity contribution in [1.29, 1.82) is 0 Å². The van der Waals surface area contributed by atoms with Gasteiger partial charge < -0.3 is 15.3 Å². The van der Waals surface area contributed by atoms with Gasteiger partial charge in [-0.05, 0) is 24.7 Å². The summed E-state index contributed by atoms with van der Waals surface area (Å²) in [5, 5.41) is 14.1. The second-order valence-electron chi connectivity index (χ2n) is 5.46. The van der Waals surface area contributed by atoms with Crippen molar-refractivity contribution < 1.29 is 14.7 Å². The summed E-state index contributed by atoms with van der Waals surface area (Å²) >= 11 is 1.33. The smallest absolute Gasteiger partial charge is 0.235 e. The predicted molar refractivity (Wildman–Crippen MR) is 74.2 cm³/mol. The maximum atomic E-state index is 12.1. The molecule has 1 saturated heterocycles. The van der Waals surface area contributed by atoms with E-state index in [-0.39, 0.29) is 30.9 Å². The Morgan fingerprint density at radius 3 is 3.05 bits per heavy atom. The summed E-state index contributed by atoms with van der Waals surface area (Å²) in [5.41, 5.74) is 0. The van der Waals surface area contributed by atoms with Gasteiger partial charge in [-0.3, -0.25) is 9.59 Å². The van der Waals surface area contributed by atoms with Gasteiger partial charge in [-0.15, -0.1) is 11.3 Å². The highest BCUT2D eigenvalue weighted by Gasteiger charge is 2.47. The molecule has 108 valence electrons. The molecule has 1 aromatic heterocycles. The molecule has 1 aliphatic carbocycles. The van der Waals surface area contributed by atoms with Crippen LogP contribution in [0, 0.1) is 11.8 Å². The molecule has 0 aromatic carbocycles. The van der Waals surface area contributed by atoms with E-state index in [4.69, 9.17) is 0 Å². The second kappa shape index (κ2) is 5.49. The second-order valence-corrected chi connectivity index (χ2v) is 6.35. The van der Waals surface area contributed by atoms with Crippen molar-refractivity contribution in [3.8, 4) is 0 Å². The number of anilines is 1. The van der Waals surface area contributed by atoms with Gasteiger partial charge in [-0.1, -0.05) is 0 Å². The standard InChI is InChI=1S/C13H17N3O3S/c17-7-8-3-9-6-16(10(9)4-8)12(19)5-11(18)15-13-14-1-2-20-13/h1-2,8-10,17H,3-7H2,(H,14,15,18)/t8-,9+,10+/m1/s1. The minimum Gasteiger partial charge on any atom is -0.396 e. The van der Waals surface area contributed by atoms with Crippen molar-refractivity contribution >= 4 is 28.3 Å². The first-order chi connectivity index (χ1) is 9.67.